The first-order valence-corrected chi connectivity index (χ1v) is 3.17. The van der Waals surface area contributed by atoms with Crippen molar-refractivity contribution in [1.82, 2.24) is 0 Å². The largest absolute Gasteiger partial charge is 0.502 e. The first-order chi connectivity index (χ1) is 5.61. The summed E-state index contributed by atoms with van der Waals surface area (Å²) in [6.07, 6.45) is 0. The summed E-state index contributed by atoms with van der Waals surface area (Å²) in [7, 11) is 0. The Morgan fingerprint density at radius 2 is 2.08 bits per heavy atom. The van der Waals surface area contributed by atoms with Gasteiger partial charge in [-0.3, -0.25) is 14.9 Å². The number of nitro groups is 1. The lowest BCUT2D eigenvalue weighted by atomic mass is 9.89. The molecule has 1 aromatic carbocycles. The molecule has 1 N–H and O–H groups in total. The van der Waals surface area contributed by atoms with E-state index in [1.807, 2.05) is 0 Å². The second kappa shape index (κ2) is 1.82. The summed E-state index contributed by atoms with van der Waals surface area (Å²) in [5.41, 5.74) is -0.0733. The van der Waals surface area contributed by atoms with Gasteiger partial charge in [-0.1, -0.05) is 0 Å². The van der Waals surface area contributed by atoms with Gasteiger partial charge < -0.3 is 5.11 Å². The van der Waals surface area contributed by atoms with Gasteiger partial charge in [0.1, 0.15) is 0 Å². The molecule has 0 aliphatic heterocycles. The number of ketones is 1. The summed E-state index contributed by atoms with van der Waals surface area (Å²) in [4.78, 5) is 20.4. The van der Waals surface area contributed by atoms with E-state index in [0.29, 0.717) is 0 Å². The first kappa shape index (κ1) is 6.78. The van der Waals surface area contributed by atoms with Gasteiger partial charge >= 0.3 is 5.69 Å². The minimum absolute atomic E-state index is 0.0409. The molecule has 0 radical (unpaired) electrons. The Bertz CT molecular complexity index is 410. The fraction of sp³-hybridized carbons (Fsp3) is 0. The molecule has 5 nitrogen and oxygen atoms in total. The van der Waals surface area contributed by atoms with Gasteiger partial charge in [-0.25, -0.2) is 0 Å². The van der Waals surface area contributed by atoms with Crippen LogP contribution in [-0.4, -0.2) is 15.8 Å². The van der Waals surface area contributed by atoms with Gasteiger partial charge in [0.25, 0.3) is 0 Å². The van der Waals surface area contributed by atoms with Crippen molar-refractivity contribution < 1.29 is 14.8 Å². The highest BCUT2D eigenvalue weighted by Gasteiger charge is 2.32. The zero-order valence-electron chi connectivity index (χ0n) is 5.77. The summed E-state index contributed by atoms with van der Waals surface area (Å²) in [5, 5.41) is 19.4. The number of phenols is 1. The van der Waals surface area contributed by atoms with Crippen LogP contribution in [0.25, 0.3) is 0 Å². The van der Waals surface area contributed by atoms with Crippen LogP contribution in [0.3, 0.4) is 0 Å². The van der Waals surface area contributed by atoms with Crippen LogP contribution >= 0.6 is 0 Å². The smallest absolute Gasteiger partial charge is 0.312 e. The maximum atomic E-state index is 10.9. The second-order valence-corrected chi connectivity index (χ2v) is 2.48. The SMILES string of the molecule is O=C1c2cc1c(O)c([N+](=O)[O-])c2. The molecule has 3 rings (SSSR count). The van der Waals surface area contributed by atoms with E-state index in [0.717, 1.165) is 6.07 Å². The quantitative estimate of drug-likeness (QED) is 0.501. The van der Waals surface area contributed by atoms with Gasteiger partial charge in [0.15, 0.2) is 5.78 Å². The number of hydrogen-bond acceptors (Lipinski definition) is 4. The number of carbonyl (C=O) groups is 1. The molecule has 2 bridgehead atoms. The molecular weight excluding hydrogens is 162 g/mol. The van der Waals surface area contributed by atoms with Crippen molar-refractivity contribution in [2.24, 2.45) is 0 Å². The standard InChI is InChI=1S/C7H3NO4/c9-6-3-1-4(6)7(10)5(2-3)8(11)12/h1-2,10H. The number of fused-ring (bicyclic) bond motifs is 2. The summed E-state index contributed by atoms with van der Waals surface area (Å²) < 4.78 is 0. The number of nitro benzene ring substituents is 1. The minimum Gasteiger partial charge on any atom is -0.502 e. The van der Waals surface area contributed by atoms with E-state index in [1.54, 1.807) is 0 Å². The third-order valence-corrected chi connectivity index (χ3v) is 1.79. The highest BCUT2D eigenvalue weighted by Crippen LogP contribution is 2.38. The first-order valence-electron chi connectivity index (χ1n) is 3.17. The molecule has 0 saturated carbocycles. The van der Waals surface area contributed by atoms with Crippen LogP contribution in [0.4, 0.5) is 5.69 Å². The molecule has 0 saturated heterocycles. The third-order valence-electron chi connectivity index (χ3n) is 1.79. The van der Waals surface area contributed by atoms with Crippen molar-refractivity contribution in [3.05, 3.63) is 33.4 Å². The average Bonchev–Trinajstić information content (AvgIpc) is 2.02. The molecule has 0 atom stereocenters. The zero-order chi connectivity index (χ0) is 8.88. The van der Waals surface area contributed by atoms with E-state index in [9.17, 15) is 14.9 Å². The Kier molecular flexibility index (Phi) is 1.03. The Labute approximate surface area is 66.4 Å². The molecule has 2 aliphatic rings. The van der Waals surface area contributed by atoms with Crippen LogP contribution in [-0.2, 0) is 0 Å². The fourth-order valence-corrected chi connectivity index (χ4v) is 1.14. The summed E-state index contributed by atoms with van der Waals surface area (Å²) >= 11 is 0. The maximum absolute atomic E-state index is 10.9. The van der Waals surface area contributed by atoms with Crippen molar-refractivity contribution in [1.29, 1.82) is 0 Å². The van der Waals surface area contributed by atoms with Gasteiger partial charge in [-0.2, -0.15) is 0 Å². The zero-order valence-corrected chi connectivity index (χ0v) is 5.77. The van der Waals surface area contributed by atoms with Crippen LogP contribution in [0.15, 0.2) is 12.1 Å². The normalized spacial score (nSPS) is 12.5. The van der Waals surface area contributed by atoms with Gasteiger partial charge in [-0.15, -0.1) is 0 Å². The number of hydrogen-bond donors (Lipinski definition) is 1. The summed E-state index contributed by atoms with van der Waals surface area (Å²) in [5.74, 6) is -0.849. The molecular formula is C7H3NO4. The summed E-state index contributed by atoms with van der Waals surface area (Å²) in [6.45, 7) is 0. The Morgan fingerprint density at radius 1 is 1.42 bits per heavy atom. The molecule has 0 fully saturated rings. The van der Waals surface area contributed by atoms with Gasteiger partial charge in [0.2, 0.25) is 5.75 Å². The summed E-state index contributed by atoms with van der Waals surface area (Å²) in [6, 6.07) is 2.50. The van der Waals surface area contributed by atoms with Gasteiger partial charge in [0.05, 0.1) is 10.5 Å². The lowest BCUT2D eigenvalue weighted by molar-refractivity contribution is -0.386. The molecule has 0 spiro atoms. The van der Waals surface area contributed by atoms with Crippen molar-refractivity contribution in [2.75, 3.05) is 0 Å². The molecule has 0 amide bonds. The number of phenolic OH excluding ortho intramolecular Hbond substituents is 1. The molecule has 2 aliphatic carbocycles. The number of rotatable bonds is 1. The van der Waals surface area contributed by atoms with Gasteiger partial charge in [0, 0.05) is 11.6 Å². The van der Waals surface area contributed by atoms with E-state index >= 15 is 0 Å². The highest BCUT2D eigenvalue weighted by atomic mass is 16.6. The van der Waals surface area contributed by atoms with Crippen molar-refractivity contribution in [3.63, 3.8) is 0 Å². The monoisotopic (exact) mass is 165 g/mol. The Morgan fingerprint density at radius 3 is 2.50 bits per heavy atom. The minimum atomic E-state index is -0.714. The van der Waals surface area contributed by atoms with Crippen LogP contribution in [0, 0.1) is 10.1 Å². The van der Waals surface area contributed by atoms with Crippen molar-refractivity contribution >= 4 is 11.5 Å². The lowest BCUT2D eigenvalue weighted by Gasteiger charge is -2.13. The molecule has 1 aromatic rings. The molecule has 0 heterocycles. The van der Waals surface area contributed by atoms with Gasteiger partial charge in [-0.05, 0) is 6.07 Å². The lowest BCUT2D eigenvalue weighted by Crippen LogP contribution is -2.13. The van der Waals surface area contributed by atoms with Crippen LogP contribution in [0.1, 0.15) is 15.9 Å². The van der Waals surface area contributed by atoms with Crippen molar-refractivity contribution in [2.45, 2.75) is 0 Å². The maximum Gasteiger partial charge on any atom is 0.312 e. The molecule has 0 aromatic heterocycles. The predicted octanol–water partition coefficient (Wildman–Crippen LogP) is 0.845. The van der Waals surface area contributed by atoms with E-state index in [2.05, 4.69) is 0 Å². The van der Waals surface area contributed by atoms with Crippen molar-refractivity contribution in [3.8, 4) is 5.75 Å². The number of carbonyl (C=O) groups excluding carboxylic acids is 1. The third kappa shape index (κ3) is 0.597. The van der Waals surface area contributed by atoms with Crippen LogP contribution in [0.2, 0.25) is 0 Å². The number of nitrogens with zero attached hydrogens (tertiary/aromatic N) is 1. The van der Waals surface area contributed by atoms with E-state index < -0.39 is 16.4 Å². The highest BCUT2D eigenvalue weighted by molar-refractivity contribution is 6.19. The predicted molar refractivity (Wildman–Crippen MR) is 38.2 cm³/mol. The molecule has 0 unspecified atom stereocenters. The second-order valence-electron chi connectivity index (χ2n) is 2.48. The Hall–Kier alpha value is -1.91. The molecule has 5 heteroatoms. The van der Waals surface area contributed by atoms with Crippen LogP contribution in [0.5, 0.6) is 5.75 Å². The Balaban J connectivity index is 2.68. The van der Waals surface area contributed by atoms with E-state index in [-0.39, 0.29) is 16.9 Å². The molecule has 60 valence electrons. The fourth-order valence-electron chi connectivity index (χ4n) is 1.14. The van der Waals surface area contributed by atoms with E-state index in [4.69, 9.17) is 5.11 Å². The topological polar surface area (TPSA) is 80.4 Å². The number of aromatic hydroxyl groups is 1. The molecule has 12 heavy (non-hydrogen) atoms. The van der Waals surface area contributed by atoms with Crippen LogP contribution < -0.4 is 0 Å². The average molecular weight is 165 g/mol. The van der Waals surface area contributed by atoms with E-state index in [1.165, 1.54) is 6.07 Å². The number of benzene rings is 1.